The first-order valence-corrected chi connectivity index (χ1v) is 6.48. The Kier molecular flexibility index (Phi) is 5.90. The van der Waals surface area contributed by atoms with Crippen molar-refractivity contribution < 1.29 is 0 Å². The van der Waals surface area contributed by atoms with E-state index >= 15 is 0 Å². The summed E-state index contributed by atoms with van der Waals surface area (Å²) in [6, 6.07) is 0. The second kappa shape index (κ2) is 5.79. The third-order valence-electron chi connectivity index (χ3n) is 2.97. The molecule has 0 rings (SSSR count). The molecule has 74 valence electrons. The third-order valence-corrected chi connectivity index (χ3v) is 3.95. The summed E-state index contributed by atoms with van der Waals surface area (Å²) >= 11 is 0. The van der Waals surface area contributed by atoms with Crippen molar-refractivity contribution in [2.24, 2.45) is 5.92 Å². The molecule has 1 unspecified atom stereocenters. The van der Waals surface area contributed by atoms with Crippen LogP contribution in [0.25, 0.3) is 0 Å². The Labute approximate surface area is 81.6 Å². The van der Waals surface area contributed by atoms with E-state index in [4.69, 9.17) is 0 Å². The van der Waals surface area contributed by atoms with Crippen molar-refractivity contribution >= 4 is 10.2 Å². The van der Waals surface area contributed by atoms with Crippen LogP contribution in [0.4, 0.5) is 0 Å². The Morgan fingerprint density at radius 2 is 1.75 bits per heavy atom. The molecule has 0 saturated heterocycles. The van der Waals surface area contributed by atoms with E-state index in [1.165, 1.54) is 42.3 Å². The number of rotatable bonds is 6. The summed E-state index contributed by atoms with van der Waals surface area (Å²) in [7, 11) is 1.33. The predicted octanol–water partition coefficient (Wildman–Crippen LogP) is 3.16. The number of hydrogen-bond acceptors (Lipinski definition) is 0. The van der Waals surface area contributed by atoms with Crippen molar-refractivity contribution in [3.63, 3.8) is 0 Å². The van der Waals surface area contributed by atoms with E-state index in [0.29, 0.717) is 5.04 Å². The van der Waals surface area contributed by atoms with Gasteiger partial charge in [-0.3, -0.25) is 0 Å². The van der Waals surface area contributed by atoms with E-state index < -0.39 is 0 Å². The van der Waals surface area contributed by atoms with Crippen molar-refractivity contribution in [2.45, 2.75) is 64.8 Å². The zero-order chi connectivity index (χ0) is 9.61. The minimum atomic E-state index is 0.645. The summed E-state index contributed by atoms with van der Waals surface area (Å²) in [6.45, 7) is 9.51. The van der Waals surface area contributed by atoms with Crippen molar-refractivity contribution in [1.29, 1.82) is 0 Å². The van der Waals surface area contributed by atoms with Gasteiger partial charge in [-0.25, -0.2) is 0 Å². The Morgan fingerprint density at radius 1 is 1.17 bits per heavy atom. The maximum Gasteiger partial charge on any atom is 0.0103 e. The fourth-order valence-corrected chi connectivity index (χ4v) is 1.60. The minimum Gasteiger partial charge on any atom is -0.0654 e. The van der Waals surface area contributed by atoms with E-state index in [1.807, 2.05) is 0 Å². The summed E-state index contributed by atoms with van der Waals surface area (Å²) in [4.78, 5) is 0. The van der Waals surface area contributed by atoms with Gasteiger partial charge in [0, 0.05) is 10.2 Å². The monoisotopic (exact) mass is 186 g/mol. The van der Waals surface area contributed by atoms with Gasteiger partial charge in [-0.2, -0.15) is 0 Å². The molecule has 0 N–H and O–H groups in total. The molecule has 1 heteroatoms. The largest absolute Gasteiger partial charge is 0.0654 e. The Morgan fingerprint density at radius 3 is 2.17 bits per heavy atom. The molecule has 0 aliphatic heterocycles. The zero-order valence-electron chi connectivity index (χ0n) is 9.61. The van der Waals surface area contributed by atoms with Crippen LogP contribution < -0.4 is 0 Å². The second-order valence-electron chi connectivity index (χ2n) is 5.12. The molecule has 0 fully saturated rings. The average Bonchev–Trinajstić information content (AvgIpc) is 1.96. The highest BCUT2D eigenvalue weighted by Crippen LogP contribution is 2.33. The Hall–Kier alpha value is 0.217. The number of unbranched alkanes of at least 4 members (excludes halogenated alkanes) is 3. The molecule has 12 heavy (non-hydrogen) atoms. The minimum absolute atomic E-state index is 0.645. The molecular formula is C11H26Si. The molecule has 0 aromatic carbocycles. The molecule has 0 aromatic rings. The average molecular weight is 186 g/mol. The molecular weight excluding hydrogens is 160 g/mol. The highest BCUT2D eigenvalue weighted by Gasteiger charge is 2.18. The summed E-state index contributed by atoms with van der Waals surface area (Å²) in [5.41, 5.74) is 0. The van der Waals surface area contributed by atoms with Gasteiger partial charge in [0.1, 0.15) is 0 Å². The van der Waals surface area contributed by atoms with E-state index in [1.54, 1.807) is 0 Å². The van der Waals surface area contributed by atoms with Crippen LogP contribution in [-0.2, 0) is 0 Å². The first-order valence-electron chi connectivity index (χ1n) is 5.48. The fraction of sp³-hybridized carbons (Fsp3) is 1.00. The van der Waals surface area contributed by atoms with Gasteiger partial charge >= 0.3 is 0 Å². The molecule has 0 amide bonds. The molecule has 0 aromatic heterocycles. The van der Waals surface area contributed by atoms with Crippen molar-refractivity contribution in [3.8, 4) is 0 Å². The second-order valence-corrected chi connectivity index (χ2v) is 7.69. The third kappa shape index (κ3) is 5.82. The Bertz CT molecular complexity index is 102. The van der Waals surface area contributed by atoms with Gasteiger partial charge in [-0.05, 0) is 11.0 Å². The van der Waals surface area contributed by atoms with Gasteiger partial charge in [-0.1, -0.05) is 59.8 Å². The zero-order valence-corrected chi connectivity index (χ0v) is 11.6. The van der Waals surface area contributed by atoms with Crippen LogP contribution in [0.1, 0.15) is 59.8 Å². The maximum atomic E-state index is 2.42. The lowest BCUT2D eigenvalue weighted by molar-refractivity contribution is 0.393. The molecule has 0 spiro atoms. The van der Waals surface area contributed by atoms with Crippen molar-refractivity contribution in [2.75, 3.05) is 0 Å². The first-order chi connectivity index (χ1) is 5.48. The van der Waals surface area contributed by atoms with Gasteiger partial charge in [0.15, 0.2) is 0 Å². The maximum absolute atomic E-state index is 2.42. The van der Waals surface area contributed by atoms with E-state index in [-0.39, 0.29) is 0 Å². The SMILES string of the molecule is CCCCCCC(C)C(C)(C)[SiH3]. The van der Waals surface area contributed by atoms with E-state index in [9.17, 15) is 0 Å². The van der Waals surface area contributed by atoms with Crippen LogP contribution in [0.2, 0.25) is 5.04 Å². The van der Waals surface area contributed by atoms with Crippen LogP contribution in [-0.4, -0.2) is 10.2 Å². The van der Waals surface area contributed by atoms with Gasteiger partial charge in [-0.15, -0.1) is 0 Å². The van der Waals surface area contributed by atoms with E-state index in [2.05, 4.69) is 27.7 Å². The lowest BCUT2D eigenvalue weighted by atomic mass is 9.91. The summed E-state index contributed by atoms with van der Waals surface area (Å²) in [6.07, 6.45) is 7.11. The molecule has 0 nitrogen and oxygen atoms in total. The smallest absolute Gasteiger partial charge is 0.0103 e. The topological polar surface area (TPSA) is 0 Å². The van der Waals surface area contributed by atoms with Crippen LogP contribution >= 0.6 is 0 Å². The van der Waals surface area contributed by atoms with Gasteiger partial charge in [0.25, 0.3) is 0 Å². The number of hydrogen-bond donors (Lipinski definition) is 0. The molecule has 0 radical (unpaired) electrons. The summed E-state index contributed by atoms with van der Waals surface area (Å²) in [5, 5.41) is 0.645. The Balaban J connectivity index is 3.38. The molecule has 0 bridgehead atoms. The van der Waals surface area contributed by atoms with Gasteiger partial charge in [0.05, 0.1) is 0 Å². The summed E-state index contributed by atoms with van der Waals surface area (Å²) in [5.74, 6) is 0.932. The molecule has 0 aliphatic carbocycles. The van der Waals surface area contributed by atoms with Gasteiger partial charge < -0.3 is 0 Å². The van der Waals surface area contributed by atoms with Crippen molar-refractivity contribution in [1.82, 2.24) is 0 Å². The normalized spacial score (nSPS) is 15.0. The fourth-order valence-electron chi connectivity index (χ4n) is 1.31. The molecule has 0 heterocycles. The van der Waals surface area contributed by atoms with Crippen molar-refractivity contribution in [3.05, 3.63) is 0 Å². The first kappa shape index (κ1) is 12.2. The lowest BCUT2D eigenvalue weighted by Crippen LogP contribution is -2.13. The molecule has 0 saturated carbocycles. The summed E-state index contributed by atoms with van der Waals surface area (Å²) < 4.78 is 0. The molecule has 1 atom stereocenters. The quantitative estimate of drug-likeness (QED) is 0.441. The predicted molar refractivity (Wildman–Crippen MR) is 61.9 cm³/mol. The van der Waals surface area contributed by atoms with Crippen LogP contribution in [0, 0.1) is 5.92 Å². The standard InChI is InChI=1S/C11H26Si/c1-5-6-7-8-9-10(2)11(3,4)12/h10H,5-9H2,1-4,12H3. The van der Waals surface area contributed by atoms with Crippen LogP contribution in [0.5, 0.6) is 0 Å². The molecule has 0 aliphatic rings. The van der Waals surface area contributed by atoms with E-state index in [0.717, 1.165) is 5.92 Å². The lowest BCUT2D eigenvalue weighted by Gasteiger charge is -2.27. The van der Waals surface area contributed by atoms with Gasteiger partial charge in [0.2, 0.25) is 0 Å². The van der Waals surface area contributed by atoms with Crippen LogP contribution in [0.3, 0.4) is 0 Å². The highest BCUT2D eigenvalue weighted by atomic mass is 28.1. The highest BCUT2D eigenvalue weighted by molar-refractivity contribution is 6.14. The van der Waals surface area contributed by atoms with Crippen LogP contribution in [0.15, 0.2) is 0 Å².